The van der Waals surface area contributed by atoms with E-state index in [1.165, 1.54) is 24.4 Å². The molecular weight excluding hydrogens is 409 g/mol. The number of nitrogens with zero attached hydrogens (tertiary/aromatic N) is 4. The van der Waals surface area contributed by atoms with Crippen molar-refractivity contribution in [3.63, 3.8) is 0 Å². The molecule has 1 unspecified atom stereocenters. The van der Waals surface area contributed by atoms with Crippen molar-refractivity contribution in [2.45, 2.75) is 25.6 Å². The smallest absolute Gasteiger partial charge is 0.434 e. The van der Waals surface area contributed by atoms with Crippen molar-refractivity contribution in [1.82, 2.24) is 19.5 Å². The lowest BCUT2D eigenvalue weighted by atomic mass is 10.1. The van der Waals surface area contributed by atoms with Gasteiger partial charge in [0.2, 0.25) is 0 Å². The van der Waals surface area contributed by atoms with Gasteiger partial charge in [0.05, 0.1) is 10.9 Å². The van der Waals surface area contributed by atoms with Gasteiger partial charge in [0.1, 0.15) is 11.4 Å². The molecule has 0 bridgehead atoms. The molecule has 0 aliphatic rings. The van der Waals surface area contributed by atoms with Gasteiger partial charge in [0.25, 0.3) is 5.56 Å². The summed E-state index contributed by atoms with van der Waals surface area (Å²) in [4.78, 5) is 25.2. The highest BCUT2D eigenvalue weighted by Crippen LogP contribution is 2.33. The summed E-state index contributed by atoms with van der Waals surface area (Å²) in [6, 6.07) is 12.8. The molecule has 4 aromatic rings. The Labute approximate surface area is 174 Å². The molecular formula is C22H17F3N4O2. The fraction of sp³-hybridized carbons (Fsp3) is 0.182. The Morgan fingerprint density at radius 2 is 1.77 bits per heavy atom. The average molecular weight is 426 g/mol. The maximum Gasteiger partial charge on any atom is 0.434 e. The van der Waals surface area contributed by atoms with Crippen LogP contribution in [0.3, 0.4) is 0 Å². The monoisotopic (exact) mass is 426 g/mol. The predicted molar refractivity (Wildman–Crippen MR) is 109 cm³/mol. The number of hydrogen-bond acceptors (Lipinski definition) is 5. The van der Waals surface area contributed by atoms with Gasteiger partial charge < -0.3 is 5.11 Å². The second-order valence-electron chi connectivity index (χ2n) is 7.07. The molecule has 0 fully saturated rings. The quantitative estimate of drug-likeness (QED) is 0.524. The Hall–Kier alpha value is -3.75. The number of alkyl halides is 3. The molecule has 6 nitrogen and oxygen atoms in total. The summed E-state index contributed by atoms with van der Waals surface area (Å²) < 4.78 is 41.9. The second kappa shape index (κ2) is 7.82. The zero-order valence-corrected chi connectivity index (χ0v) is 16.3. The van der Waals surface area contributed by atoms with E-state index in [-0.39, 0.29) is 22.8 Å². The lowest BCUT2D eigenvalue weighted by Gasteiger charge is -2.21. The van der Waals surface area contributed by atoms with Crippen molar-refractivity contribution in [2.75, 3.05) is 0 Å². The zero-order chi connectivity index (χ0) is 22.2. The number of rotatable bonds is 4. The zero-order valence-electron chi connectivity index (χ0n) is 16.3. The molecule has 4 rings (SSSR count). The van der Waals surface area contributed by atoms with Crippen molar-refractivity contribution >= 4 is 10.9 Å². The third-order valence-corrected chi connectivity index (χ3v) is 4.90. The SMILES string of the molecule is CC(Cc1ccccc1)n1c(-c2ncccc2O)nc2ccnc(C(F)(F)F)c2c1=O. The number of aromatic nitrogens is 4. The lowest BCUT2D eigenvalue weighted by Crippen LogP contribution is -2.29. The van der Waals surface area contributed by atoms with Crippen LogP contribution in [0.1, 0.15) is 24.2 Å². The lowest BCUT2D eigenvalue weighted by molar-refractivity contribution is -0.139. The van der Waals surface area contributed by atoms with Crippen LogP contribution >= 0.6 is 0 Å². The van der Waals surface area contributed by atoms with Gasteiger partial charge in [0, 0.05) is 18.4 Å². The van der Waals surface area contributed by atoms with Crippen LogP contribution in [0.4, 0.5) is 13.2 Å². The number of aromatic hydroxyl groups is 1. The van der Waals surface area contributed by atoms with E-state index in [1.54, 1.807) is 6.92 Å². The summed E-state index contributed by atoms with van der Waals surface area (Å²) in [7, 11) is 0. The van der Waals surface area contributed by atoms with Crippen LogP contribution in [0.2, 0.25) is 0 Å². The molecule has 0 aliphatic carbocycles. The molecule has 0 spiro atoms. The molecule has 3 heterocycles. The van der Waals surface area contributed by atoms with Gasteiger partial charge in [-0.05, 0) is 37.1 Å². The third kappa shape index (κ3) is 3.86. The van der Waals surface area contributed by atoms with Gasteiger partial charge in [0.15, 0.2) is 11.5 Å². The van der Waals surface area contributed by atoms with E-state index in [2.05, 4.69) is 15.0 Å². The Morgan fingerprint density at radius 3 is 2.45 bits per heavy atom. The van der Waals surface area contributed by atoms with Crippen LogP contribution < -0.4 is 5.56 Å². The molecule has 0 aliphatic heterocycles. The summed E-state index contributed by atoms with van der Waals surface area (Å²) >= 11 is 0. The summed E-state index contributed by atoms with van der Waals surface area (Å²) in [5, 5.41) is 9.68. The van der Waals surface area contributed by atoms with Gasteiger partial charge in [-0.3, -0.25) is 14.3 Å². The summed E-state index contributed by atoms with van der Waals surface area (Å²) in [5.41, 5.74) is -1.46. The molecule has 9 heteroatoms. The topological polar surface area (TPSA) is 80.9 Å². The molecule has 1 atom stereocenters. The fourth-order valence-electron chi connectivity index (χ4n) is 3.55. The first kappa shape index (κ1) is 20.5. The van der Waals surface area contributed by atoms with Crippen molar-refractivity contribution in [3.8, 4) is 17.3 Å². The normalized spacial score (nSPS) is 12.8. The second-order valence-corrected chi connectivity index (χ2v) is 7.07. The third-order valence-electron chi connectivity index (χ3n) is 4.90. The molecule has 0 saturated heterocycles. The minimum Gasteiger partial charge on any atom is -0.506 e. The Balaban J connectivity index is 2.03. The molecule has 1 N–H and O–H groups in total. The highest BCUT2D eigenvalue weighted by molar-refractivity contribution is 5.82. The molecule has 31 heavy (non-hydrogen) atoms. The highest BCUT2D eigenvalue weighted by atomic mass is 19.4. The first-order valence-corrected chi connectivity index (χ1v) is 9.44. The van der Waals surface area contributed by atoms with Gasteiger partial charge in [-0.25, -0.2) is 9.97 Å². The Morgan fingerprint density at radius 1 is 1.03 bits per heavy atom. The van der Waals surface area contributed by atoms with Crippen molar-refractivity contribution in [3.05, 3.63) is 82.5 Å². The molecule has 0 amide bonds. The first-order valence-electron chi connectivity index (χ1n) is 9.44. The van der Waals surface area contributed by atoms with Crippen molar-refractivity contribution in [1.29, 1.82) is 0 Å². The van der Waals surface area contributed by atoms with Crippen LogP contribution in [0, 0.1) is 0 Å². The Kier molecular flexibility index (Phi) is 5.18. The van der Waals surface area contributed by atoms with Crippen LogP contribution in [-0.4, -0.2) is 24.6 Å². The first-order chi connectivity index (χ1) is 14.8. The van der Waals surface area contributed by atoms with Gasteiger partial charge >= 0.3 is 6.18 Å². The van der Waals surface area contributed by atoms with Crippen LogP contribution in [0.25, 0.3) is 22.4 Å². The molecule has 0 saturated carbocycles. The van der Waals surface area contributed by atoms with Gasteiger partial charge in [-0.2, -0.15) is 13.2 Å². The number of pyridine rings is 2. The van der Waals surface area contributed by atoms with Gasteiger partial charge in [-0.15, -0.1) is 0 Å². The van der Waals surface area contributed by atoms with E-state index in [1.807, 2.05) is 30.3 Å². The molecule has 158 valence electrons. The van der Waals surface area contributed by atoms with E-state index in [9.17, 15) is 23.1 Å². The van der Waals surface area contributed by atoms with Crippen LogP contribution in [0.15, 0.2) is 65.7 Å². The van der Waals surface area contributed by atoms with Crippen molar-refractivity contribution in [2.24, 2.45) is 0 Å². The summed E-state index contributed by atoms with van der Waals surface area (Å²) in [6.07, 6.45) is -2.10. The van der Waals surface area contributed by atoms with E-state index < -0.39 is 28.9 Å². The van der Waals surface area contributed by atoms with Gasteiger partial charge in [-0.1, -0.05) is 30.3 Å². The summed E-state index contributed by atoms with van der Waals surface area (Å²) in [5.74, 6) is -0.252. The number of benzene rings is 1. The maximum atomic E-state index is 13.6. The van der Waals surface area contributed by atoms with E-state index in [4.69, 9.17) is 0 Å². The molecule has 1 aromatic carbocycles. The number of hydrogen-bond donors (Lipinski definition) is 1. The van der Waals surface area contributed by atoms with E-state index in [0.29, 0.717) is 6.42 Å². The van der Waals surface area contributed by atoms with Crippen molar-refractivity contribution < 1.29 is 18.3 Å². The fourth-order valence-corrected chi connectivity index (χ4v) is 3.55. The standard InChI is InChI=1S/C22H17F3N4O2/c1-13(12-14-6-3-2-4-7-14)29-20(18-16(30)8-5-10-26-18)28-15-9-11-27-19(22(23,24)25)17(15)21(29)31/h2-11,13,30H,12H2,1H3. The number of fused-ring (bicyclic) bond motifs is 1. The molecule has 0 radical (unpaired) electrons. The van der Waals surface area contributed by atoms with Crippen LogP contribution in [0.5, 0.6) is 5.75 Å². The largest absolute Gasteiger partial charge is 0.506 e. The summed E-state index contributed by atoms with van der Waals surface area (Å²) in [6.45, 7) is 1.70. The maximum absolute atomic E-state index is 13.6. The Bertz CT molecular complexity index is 1300. The van der Waals surface area contributed by atoms with Crippen LogP contribution in [-0.2, 0) is 12.6 Å². The predicted octanol–water partition coefficient (Wildman–Crippen LogP) is 4.38. The number of halogens is 3. The highest BCUT2D eigenvalue weighted by Gasteiger charge is 2.37. The van der Waals surface area contributed by atoms with E-state index in [0.717, 1.165) is 16.3 Å². The average Bonchev–Trinajstić information content (AvgIpc) is 2.73. The minimum absolute atomic E-state index is 0.00628. The van der Waals surface area contributed by atoms with E-state index >= 15 is 0 Å². The molecule has 3 aromatic heterocycles. The minimum atomic E-state index is -4.82.